The third-order valence-corrected chi connectivity index (χ3v) is 5.42. The van der Waals surface area contributed by atoms with Crippen LogP contribution in [0.4, 0.5) is 5.82 Å². The number of amides is 1. The second kappa shape index (κ2) is 7.08. The highest BCUT2D eigenvalue weighted by Crippen LogP contribution is 2.49. The molecule has 1 amide bonds. The SMILES string of the molecule is COc1ccc(C2(C(=O)Nc3ccc(C)c(C4=CC=CCC4=O)n3)CC2)cc1. The third-order valence-electron chi connectivity index (χ3n) is 5.42. The minimum atomic E-state index is -0.512. The number of ether oxygens (including phenoxy) is 1. The predicted molar refractivity (Wildman–Crippen MR) is 108 cm³/mol. The Bertz CT molecular complexity index is 999. The number of pyridine rings is 1. The van der Waals surface area contributed by atoms with Crippen molar-refractivity contribution in [2.24, 2.45) is 0 Å². The van der Waals surface area contributed by atoms with Crippen LogP contribution >= 0.6 is 0 Å². The number of hydrogen-bond donors (Lipinski definition) is 1. The number of carbonyl (C=O) groups is 2. The summed E-state index contributed by atoms with van der Waals surface area (Å²) < 4.78 is 5.20. The number of aryl methyl sites for hydroxylation is 1. The molecule has 1 N–H and O–H groups in total. The van der Waals surface area contributed by atoms with Crippen LogP contribution in [0.3, 0.4) is 0 Å². The number of ketones is 1. The van der Waals surface area contributed by atoms with Gasteiger partial charge in [-0.3, -0.25) is 9.59 Å². The molecule has 0 bridgehead atoms. The van der Waals surface area contributed by atoms with Crippen molar-refractivity contribution in [3.63, 3.8) is 0 Å². The number of Topliss-reactive ketones (excluding diaryl/α,β-unsaturated/α-hetero) is 1. The van der Waals surface area contributed by atoms with Crippen LogP contribution in [-0.4, -0.2) is 23.8 Å². The largest absolute Gasteiger partial charge is 0.497 e. The Morgan fingerprint density at radius 3 is 2.54 bits per heavy atom. The first-order valence-electron chi connectivity index (χ1n) is 9.37. The fourth-order valence-electron chi connectivity index (χ4n) is 3.54. The lowest BCUT2D eigenvalue weighted by molar-refractivity contribution is -0.118. The fourth-order valence-corrected chi connectivity index (χ4v) is 3.54. The molecule has 1 saturated carbocycles. The van der Waals surface area contributed by atoms with Crippen molar-refractivity contribution in [2.45, 2.75) is 31.6 Å². The van der Waals surface area contributed by atoms with Crippen LogP contribution in [0.1, 0.15) is 36.1 Å². The first kappa shape index (κ1) is 18.2. The summed E-state index contributed by atoms with van der Waals surface area (Å²) >= 11 is 0. The lowest BCUT2D eigenvalue weighted by Gasteiger charge is -2.17. The van der Waals surface area contributed by atoms with Crippen LogP contribution in [0.2, 0.25) is 0 Å². The van der Waals surface area contributed by atoms with Crippen LogP contribution in [0, 0.1) is 6.92 Å². The molecule has 28 heavy (non-hydrogen) atoms. The highest BCUT2D eigenvalue weighted by Gasteiger charge is 2.51. The summed E-state index contributed by atoms with van der Waals surface area (Å²) in [6, 6.07) is 11.3. The number of methoxy groups -OCH3 is 1. The second-order valence-electron chi connectivity index (χ2n) is 7.26. The van der Waals surface area contributed by atoms with Crippen molar-refractivity contribution >= 4 is 23.1 Å². The second-order valence-corrected chi connectivity index (χ2v) is 7.26. The van der Waals surface area contributed by atoms with E-state index in [0.717, 1.165) is 29.7 Å². The molecule has 1 aromatic heterocycles. The Labute approximate surface area is 164 Å². The van der Waals surface area contributed by atoms with Crippen LogP contribution in [0.15, 0.2) is 54.6 Å². The van der Waals surface area contributed by atoms with E-state index in [1.54, 1.807) is 19.3 Å². The number of benzene rings is 1. The van der Waals surface area contributed by atoms with Crippen molar-refractivity contribution in [2.75, 3.05) is 12.4 Å². The zero-order chi connectivity index (χ0) is 19.7. The number of allylic oxidation sites excluding steroid dienone is 4. The summed E-state index contributed by atoms with van der Waals surface area (Å²) in [5.74, 6) is 1.21. The lowest BCUT2D eigenvalue weighted by Crippen LogP contribution is -2.28. The quantitative estimate of drug-likeness (QED) is 0.859. The molecule has 0 spiro atoms. The smallest absolute Gasteiger partial charge is 0.236 e. The number of nitrogens with one attached hydrogen (secondary N) is 1. The maximum atomic E-state index is 13.0. The molecule has 0 unspecified atom stereocenters. The average Bonchev–Trinajstić information content (AvgIpc) is 3.52. The van der Waals surface area contributed by atoms with E-state index in [4.69, 9.17) is 4.74 Å². The van der Waals surface area contributed by atoms with E-state index >= 15 is 0 Å². The Kier molecular flexibility index (Phi) is 4.59. The van der Waals surface area contributed by atoms with Gasteiger partial charge in [0.2, 0.25) is 5.91 Å². The third kappa shape index (κ3) is 3.24. The van der Waals surface area contributed by atoms with Gasteiger partial charge in [-0.1, -0.05) is 30.4 Å². The van der Waals surface area contributed by atoms with Gasteiger partial charge in [-0.2, -0.15) is 0 Å². The molecule has 1 aromatic carbocycles. The van der Waals surface area contributed by atoms with E-state index in [1.165, 1.54) is 0 Å². The van der Waals surface area contributed by atoms with Crippen molar-refractivity contribution in [1.82, 2.24) is 4.98 Å². The Morgan fingerprint density at radius 1 is 1.14 bits per heavy atom. The molecule has 2 aliphatic carbocycles. The van der Waals surface area contributed by atoms with E-state index in [2.05, 4.69) is 10.3 Å². The number of carbonyl (C=O) groups excluding carboxylic acids is 2. The first-order chi connectivity index (χ1) is 13.5. The zero-order valence-corrected chi connectivity index (χ0v) is 16.0. The summed E-state index contributed by atoms with van der Waals surface area (Å²) in [6.07, 6.45) is 7.47. The summed E-state index contributed by atoms with van der Waals surface area (Å²) in [5, 5.41) is 2.96. The van der Waals surface area contributed by atoms with Gasteiger partial charge in [-0.15, -0.1) is 0 Å². The maximum absolute atomic E-state index is 13.0. The molecular formula is C23H22N2O3. The van der Waals surface area contributed by atoms with Gasteiger partial charge >= 0.3 is 0 Å². The number of nitrogens with zero attached hydrogens (tertiary/aromatic N) is 1. The van der Waals surface area contributed by atoms with E-state index in [1.807, 2.05) is 49.4 Å². The van der Waals surface area contributed by atoms with Gasteiger partial charge in [0.15, 0.2) is 5.78 Å². The lowest BCUT2D eigenvalue weighted by atomic mass is 9.94. The van der Waals surface area contributed by atoms with Crippen molar-refractivity contribution in [3.8, 4) is 5.75 Å². The minimum absolute atomic E-state index is 0.0403. The van der Waals surface area contributed by atoms with Gasteiger partial charge in [0, 0.05) is 12.0 Å². The topological polar surface area (TPSA) is 68.3 Å². The Hall–Kier alpha value is -3.21. The van der Waals surface area contributed by atoms with Crippen molar-refractivity contribution < 1.29 is 14.3 Å². The van der Waals surface area contributed by atoms with E-state index in [9.17, 15) is 9.59 Å². The van der Waals surface area contributed by atoms with Crippen molar-refractivity contribution in [3.05, 3.63) is 71.4 Å². The van der Waals surface area contributed by atoms with Crippen LogP contribution in [-0.2, 0) is 15.0 Å². The van der Waals surface area contributed by atoms with Gasteiger partial charge in [0.25, 0.3) is 0 Å². The molecular weight excluding hydrogens is 352 g/mol. The predicted octanol–water partition coefficient (Wildman–Crippen LogP) is 3.98. The highest BCUT2D eigenvalue weighted by atomic mass is 16.5. The van der Waals surface area contributed by atoms with Gasteiger partial charge in [0.1, 0.15) is 11.6 Å². The molecule has 2 aliphatic rings. The number of aromatic nitrogens is 1. The van der Waals surface area contributed by atoms with Gasteiger partial charge in [-0.05, 0) is 55.2 Å². The molecule has 5 heteroatoms. The molecule has 142 valence electrons. The molecule has 1 fully saturated rings. The minimum Gasteiger partial charge on any atom is -0.497 e. The number of rotatable bonds is 5. The number of hydrogen-bond acceptors (Lipinski definition) is 4. The van der Waals surface area contributed by atoms with Crippen LogP contribution in [0.5, 0.6) is 5.75 Å². The van der Waals surface area contributed by atoms with E-state index < -0.39 is 5.41 Å². The van der Waals surface area contributed by atoms with Gasteiger partial charge < -0.3 is 10.1 Å². The summed E-state index contributed by atoms with van der Waals surface area (Å²) in [4.78, 5) is 29.8. The summed E-state index contributed by atoms with van der Waals surface area (Å²) in [5.41, 5.74) is 2.59. The normalized spacial score (nSPS) is 17.1. The molecule has 0 atom stereocenters. The monoisotopic (exact) mass is 374 g/mol. The molecule has 1 heterocycles. The highest BCUT2D eigenvalue weighted by molar-refractivity contribution is 6.22. The van der Waals surface area contributed by atoms with Crippen molar-refractivity contribution in [1.29, 1.82) is 0 Å². The van der Waals surface area contributed by atoms with Crippen LogP contribution in [0.25, 0.3) is 5.57 Å². The zero-order valence-electron chi connectivity index (χ0n) is 16.0. The van der Waals surface area contributed by atoms with Gasteiger partial charge in [-0.25, -0.2) is 4.98 Å². The Morgan fingerprint density at radius 2 is 1.89 bits per heavy atom. The van der Waals surface area contributed by atoms with E-state index in [-0.39, 0.29) is 11.7 Å². The fraction of sp³-hybridized carbons (Fsp3) is 0.261. The molecule has 2 aromatic rings. The van der Waals surface area contributed by atoms with Crippen LogP contribution < -0.4 is 10.1 Å². The number of anilines is 1. The molecule has 0 radical (unpaired) electrons. The van der Waals surface area contributed by atoms with E-state index in [0.29, 0.717) is 23.5 Å². The standard InChI is InChI=1S/C23H22N2O3/c1-15-7-12-20(24-21(15)18-5-3-4-6-19(18)26)25-22(27)23(13-14-23)16-8-10-17(28-2)11-9-16/h3-5,7-12H,6,13-14H2,1-2H3,(H,24,25,27). The molecule has 0 saturated heterocycles. The molecule has 4 rings (SSSR count). The first-order valence-corrected chi connectivity index (χ1v) is 9.37. The van der Waals surface area contributed by atoms with Gasteiger partial charge in [0.05, 0.1) is 18.2 Å². The average molecular weight is 374 g/mol. The summed E-state index contributed by atoms with van der Waals surface area (Å²) in [7, 11) is 1.62. The molecule has 0 aliphatic heterocycles. The maximum Gasteiger partial charge on any atom is 0.236 e. The molecule has 5 nitrogen and oxygen atoms in total. The Balaban J connectivity index is 1.58. The summed E-state index contributed by atoms with van der Waals surface area (Å²) in [6.45, 7) is 1.92.